The summed E-state index contributed by atoms with van der Waals surface area (Å²) >= 11 is 8.13. The van der Waals surface area contributed by atoms with Crippen molar-refractivity contribution in [1.82, 2.24) is 5.32 Å². The predicted molar refractivity (Wildman–Crippen MR) is 153 cm³/mol. The lowest BCUT2D eigenvalue weighted by atomic mass is 10.1. The van der Waals surface area contributed by atoms with Crippen molar-refractivity contribution in [3.05, 3.63) is 95.6 Å². The summed E-state index contributed by atoms with van der Waals surface area (Å²) in [5.74, 6) is -0.808. The third kappa shape index (κ3) is 6.20. The van der Waals surface area contributed by atoms with Gasteiger partial charge in [-0.15, -0.1) is 0 Å². The van der Waals surface area contributed by atoms with Crippen LogP contribution in [-0.4, -0.2) is 29.4 Å². The van der Waals surface area contributed by atoms with Crippen molar-refractivity contribution >= 4 is 69.5 Å². The Balaban J connectivity index is 1.65. The summed E-state index contributed by atoms with van der Waals surface area (Å²) in [4.78, 5) is 49.9. The number of aryl methyl sites for hydroxylation is 1. The summed E-state index contributed by atoms with van der Waals surface area (Å²) in [6.07, 6.45) is 1.38. The first kappa shape index (κ1) is 28.0. The summed E-state index contributed by atoms with van der Waals surface area (Å²) in [6.45, 7) is 3.97. The van der Waals surface area contributed by atoms with Gasteiger partial charge in [-0.2, -0.15) is 0 Å². The second-order valence-electron chi connectivity index (χ2n) is 8.36. The van der Waals surface area contributed by atoms with Gasteiger partial charge in [0.25, 0.3) is 17.5 Å². The third-order valence-electron chi connectivity index (χ3n) is 5.69. The molecule has 1 aliphatic rings. The van der Waals surface area contributed by atoms with Crippen LogP contribution in [0.4, 0.5) is 16.2 Å². The molecule has 200 valence electrons. The minimum atomic E-state index is -0.868. The second-order valence-corrected chi connectivity index (χ2v) is 9.96. The maximum Gasteiger partial charge on any atom is 0.335 e. The zero-order valence-corrected chi connectivity index (χ0v) is 23.6. The fourth-order valence-corrected chi connectivity index (χ4v) is 4.76. The van der Waals surface area contributed by atoms with Crippen LogP contribution in [0, 0.1) is 20.6 Å². The molecule has 4 amide bonds. The molecule has 3 aromatic rings. The molecule has 4 rings (SSSR count). The van der Waals surface area contributed by atoms with Crippen LogP contribution >= 0.6 is 34.2 Å². The quantitative estimate of drug-likeness (QED) is 0.106. The Bertz CT molecular complexity index is 1520. The van der Waals surface area contributed by atoms with E-state index in [9.17, 15) is 24.5 Å². The van der Waals surface area contributed by atoms with E-state index in [1.54, 1.807) is 50.2 Å². The number of anilines is 1. The highest BCUT2D eigenvalue weighted by molar-refractivity contribution is 14.1. The van der Waals surface area contributed by atoms with Crippen molar-refractivity contribution < 1.29 is 28.8 Å². The van der Waals surface area contributed by atoms with Gasteiger partial charge in [-0.05, 0) is 95.6 Å². The Labute approximate surface area is 241 Å². The van der Waals surface area contributed by atoms with Crippen LogP contribution in [0.5, 0.6) is 11.5 Å². The summed E-state index contributed by atoms with van der Waals surface area (Å²) < 4.78 is 12.4. The molecule has 1 aliphatic heterocycles. The minimum absolute atomic E-state index is 0.0205. The van der Waals surface area contributed by atoms with Gasteiger partial charge in [0.15, 0.2) is 11.5 Å². The number of nitro benzene ring substituents is 1. The lowest BCUT2D eigenvalue weighted by Gasteiger charge is -2.27. The molecule has 1 heterocycles. The highest BCUT2D eigenvalue weighted by Crippen LogP contribution is 2.36. The molecule has 12 heteroatoms. The van der Waals surface area contributed by atoms with Gasteiger partial charge in [-0.25, -0.2) is 9.69 Å². The Kier molecular flexibility index (Phi) is 8.51. The van der Waals surface area contributed by atoms with Gasteiger partial charge in [0, 0.05) is 17.2 Å². The highest BCUT2D eigenvalue weighted by atomic mass is 127. The van der Waals surface area contributed by atoms with E-state index in [0.717, 1.165) is 10.5 Å². The number of nitrogens with one attached hydrogen (secondary N) is 1. The molecular weight excluding hydrogens is 641 g/mol. The van der Waals surface area contributed by atoms with Crippen molar-refractivity contribution in [3.63, 3.8) is 0 Å². The maximum absolute atomic E-state index is 13.3. The minimum Gasteiger partial charge on any atom is -0.490 e. The zero-order valence-electron chi connectivity index (χ0n) is 20.7. The molecule has 3 aromatic carbocycles. The van der Waals surface area contributed by atoms with Crippen molar-refractivity contribution in [2.24, 2.45) is 0 Å². The number of nitro groups is 1. The summed E-state index contributed by atoms with van der Waals surface area (Å²) in [5.41, 5.74) is 1.82. The maximum atomic E-state index is 13.3. The van der Waals surface area contributed by atoms with Crippen molar-refractivity contribution in [3.8, 4) is 11.5 Å². The van der Waals surface area contributed by atoms with E-state index in [1.165, 1.54) is 24.3 Å². The van der Waals surface area contributed by atoms with Gasteiger partial charge in [-0.3, -0.25) is 25.0 Å². The van der Waals surface area contributed by atoms with Crippen LogP contribution < -0.4 is 19.7 Å². The number of amides is 4. The Morgan fingerprint density at radius 2 is 1.79 bits per heavy atom. The van der Waals surface area contributed by atoms with Crippen LogP contribution in [-0.2, 0) is 16.2 Å². The Morgan fingerprint density at radius 1 is 1.08 bits per heavy atom. The number of imide groups is 2. The van der Waals surface area contributed by atoms with Crippen LogP contribution in [0.15, 0.2) is 60.2 Å². The molecule has 0 aliphatic carbocycles. The fraction of sp³-hybridized carbons (Fsp3) is 0.148. The van der Waals surface area contributed by atoms with Gasteiger partial charge in [0.05, 0.1) is 20.8 Å². The number of rotatable bonds is 8. The van der Waals surface area contributed by atoms with Crippen LogP contribution in [0.25, 0.3) is 6.08 Å². The normalized spacial score (nSPS) is 14.4. The number of carbonyl (C=O) groups excluding carboxylic acids is 3. The molecule has 1 saturated heterocycles. The molecule has 1 N–H and O–H groups in total. The zero-order chi connectivity index (χ0) is 28.3. The number of nitrogens with zero attached hydrogens (tertiary/aromatic N) is 2. The van der Waals surface area contributed by atoms with Crippen LogP contribution in [0.1, 0.15) is 23.6 Å². The van der Waals surface area contributed by atoms with Crippen LogP contribution in [0.3, 0.4) is 0 Å². The molecule has 39 heavy (non-hydrogen) atoms. The van der Waals surface area contributed by atoms with Gasteiger partial charge in [-0.1, -0.05) is 17.7 Å². The lowest BCUT2D eigenvalue weighted by molar-refractivity contribution is -0.384. The Hall–Kier alpha value is -3.97. The molecule has 0 unspecified atom stereocenters. The largest absolute Gasteiger partial charge is 0.490 e. The third-order valence-corrected chi connectivity index (χ3v) is 6.72. The molecule has 0 bridgehead atoms. The Morgan fingerprint density at radius 3 is 2.46 bits per heavy atom. The summed E-state index contributed by atoms with van der Waals surface area (Å²) in [5, 5.41) is 13.4. The van der Waals surface area contributed by atoms with Crippen LogP contribution in [0.2, 0.25) is 5.02 Å². The smallest absolute Gasteiger partial charge is 0.335 e. The number of ether oxygens (including phenoxy) is 2. The van der Waals surface area contributed by atoms with Gasteiger partial charge in [0.1, 0.15) is 12.2 Å². The van der Waals surface area contributed by atoms with E-state index < -0.39 is 22.8 Å². The molecule has 1 fully saturated rings. The molecular formula is C27H21ClIN3O7. The van der Waals surface area contributed by atoms with Gasteiger partial charge < -0.3 is 9.47 Å². The SMILES string of the molecule is CCOc1cc(/C=C2\C(=O)NC(=O)N(c3cc(Cl)ccc3C)C2=O)cc(I)c1OCc1ccc([N+](=O)[O-])cc1. The first-order chi connectivity index (χ1) is 18.6. The average molecular weight is 662 g/mol. The first-order valence-corrected chi connectivity index (χ1v) is 13.0. The van der Waals surface area contributed by atoms with Crippen molar-refractivity contribution in [2.45, 2.75) is 20.5 Å². The number of benzene rings is 3. The van der Waals surface area contributed by atoms with Crippen molar-refractivity contribution in [1.29, 1.82) is 0 Å². The van der Waals surface area contributed by atoms with E-state index in [1.807, 2.05) is 22.6 Å². The molecule has 0 saturated carbocycles. The average Bonchev–Trinajstić information content (AvgIpc) is 2.88. The molecule has 0 spiro atoms. The number of non-ortho nitro benzene ring substituents is 1. The van der Waals surface area contributed by atoms with E-state index in [4.69, 9.17) is 21.1 Å². The fourth-order valence-electron chi connectivity index (χ4n) is 3.81. The van der Waals surface area contributed by atoms with Gasteiger partial charge >= 0.3 is 6.03 Å². The standard InChI is InChI=1S/C27H21ClIN3O7/c1-3-38-23-12-17(11-21(29)24(23)39-14-16-5-8-19(9-6-16)32(36)37)10-20-25(33)30-27(35)31(26(20)34)22-13-18(28)7-4-15(22)2/h4-13H,3,14H2,1-2H3,(H,30,33,35)/b20-10+. The predicted octanol–water partition coefficient (Wildman–Crippen LogP) is 5.81. The monoisotopic (exact) mass is 661 g/mol. The number of barbiturate groups is 1. The van der Waals surface area contributed by atoms with Gasteiger partial charge in [0.2, 0.25) is 0 Å². The molecule has 0 radical (unpaired) electrons. The molecule has 0 aromatic heterocycles. The molecule has 10 nitrogen and oxygen atoms in total. The molecule has 0 atom stereocenters. The number of carbonyl (C=O) groups is 3. The number of halogens is 2. The number of hydrogen-bond donors (Lipinski definition) is 1. The number of hydrogen-bond acceptors (Lipinski definition) is 7. The van der Waals surface area contributed by atoms with E-state index in [0.29, 0.717) is 37.8 Å². The second kappa shape index (κ2) is 11.8. The highest BCUT2D eigenvalue weighted by Gasteiger charge is 2.37. The lowest BCUT2D eigenvalue weighted by Crippen LogP contribution is -2.54. The van der Waals surface area contributed by atoms with Crippen molar-refractivity contribution in [2.75, 3.05) is 11.5 Å². The van der Waals surface area contributed by atoms with E-state index >= 15 is 0 Å². The number of urea groups is 1. The van der Waals surface area contributed by atoms with E-state index in [-0.39, 0.29) is 23.6 Å². The summed E-state index contributed by atoms with van der Waals surface area (Å²) in [7, 11) is 0. The summed E-state index contributed by atoms with van der Waals surface area (Å²) in [6, 6.07) is 13.2. The van der Waals surface area contributed by atoms with E-state index in [2.05, 4.69) is 5.32 Å². The first-order valence-electron chi connectivity index (χ1n) is 11.6. The topological polar surface area (TPSA) is 128 Å².